The van der Waals surface area contributed by atoms with Gasteiger partial charge in [0.15, 0.2) is 5.11 Å². The van der Waals surface area contributed by atoms with Crippen molar-refractivity contribution in [1.82, 2.24) is 5.43 Å². The van der Waals surface area contributed by atoms with E-state index in [2.05, 4.69) is 47.7 Å². The van der Waals surface area contributed by atoms with Crippen LogP contribution in [-0.4, -0.2) is 17.9 Å². The second-order valence-electron chi connectivity index (χ2n) is 4.44. The van der Waals surface area contributed by atoms with Crippen LogP contribution in [0.4, 0.5) is 5.69 Å². The maximum Gasteiger partial charge on any atom is 0.191 e. The summed E-state index contributed by atoms with van der Waals surface area (Å²) in [5, 5.41) is 7.61. The van der Waals surface area contributed by atoms with Gasteiger partial charge in [0.25, 0.3) is 0 Å². The third-order valence-corrected chi connectivity index (χ3v) is 4.09. The third kappa shape index (κ3) is 5.60. The number of rotatable bonds is 5. The Hall–Kier alpha value is -1.44. The summed E-state index contributed by atoms with van der Waals surface area (Å²) in [6.45, 7) is 2.55. The highest BCUT2D eigenvalue weighted by atomic mass is 79.9. The Kier molecular flexibility index (Phi) is 7.01. The standard InChI is InChI=1S/C16H15Br2N3OS/c1-2-22-15-13(17)8-11(9-14(15)18)10-19-21-16(23)20-12-6-4-3-5-7-12/h3-10H,2H2,1H3,(H2,20,21,23)/b19-10+. The summed E-state index contributed by atoms with van der Waals surface area (Å²) >= 11 is 12.2. The first-order valence-corrected chi connectivity index (χ1v) is 8.86. The maximum absolute atomic E-state index is 5.55. The summed E-state index contributed by atoms with van der Waals surface area (Å²) in [5.41, 5.74) is 4.60. The number of hydrogen-bond acceptors (Lipinski definition) is 3. The number of thiocarbonyl (C=S) groups is 1. The molecule has 4 nitrogen and oxygen atoms in total. The van der Waals surface area contributed by atoms with Gasteiger partial charge in [-0.2, -0.15) is 5.10 Å². The van der Waals surface area contributed by atoms with Crippen LogP contribution < -0.4 is 15.5 Å². The van der Waals surface area contributed by atoms with Crippen LogP contribution in [-0.2, 0) is 0 Å². The molecule has 0 saturated carbocycles. The van der Waals surface area contributed by atoms with Crippen LogP contribution in [0.2, 0.25) is 0 Å². The number of hydrazone groups is 1. The number of hydrogen-bond donors (Lipinski definition) is 2. The Bertz CT molecular complexity index is 685. The molecule has 120 valence electrons. The molecule has 0 unspecified atom stereocenters. The van der Waals surface area contributed by atoms with Gasteiger partial charge in [-0.15, -0.1) is 0 Å². The summed E-state index contributed by atoms with van der Waals surface area (Å²) < 4.78 is 7.27. The van der Waals surface area contributed by atoms with Crippen LogP contribution in [0, 0.1) is 0 Å². The van der Waals surface area contributed by atoms with Gasteiger partial charge in [0.2, 0.25) is 0 Å². The third-order valence-electron chi connectivity index (χ3n) is 2.72. The molecule has 0 saturated heterocycles. The Labute approximate surface area is 157 Å². The van der Waals surface area contributed by atoms with Gasteiger partial charge < -0.3 is 10.1 Å². The first-order valence-electron chi connectivity index (χ1n) is 6.87. The lowest BCUT2D eigenvalue weighted by molar-refractivity contribution is 0.336. The monoisotopic (exact) mass is 455 g/mol. The molecule has 0 aliphatic heterocycles. The zero-order chi connectivity index (χ0) is 16.7. The number of para-hydroxylation sites is 1. The topological polar surface area (TPSA) is 45.6 Å². The van der Waals surface area contributed by atoms with Crippen molar-refractivity contribution in [2.24, 2.45) is 5.10 Å². The van der Waals surface area contributed by atoms with Crippen molar-refractivity contribution in [2.45, 2.75) is 6.92 Å². The van der Waals surface area contributed by atoms with E-state index in [-0.39, 0.29) is 0 Å². The zero-order valence-electron chi connectivity index (χ0n) is 12.3. The van der Waals surface area contributed by atoms with E-state index in [9.17, 15) is 0 Å². The Morgan fingerprint density at radius 2 is 1.87 bits per heavy atom. The number of benzene rings is 2. The molecule has 2 N–H and O–H groups in total. The van der Waals surface area contributed by atoms with Crippen molar-refractivity contribution in [3.8, 4) is 5.75 Å². The van der Waals surface area contributed by atoms with Gasteiger partial charge in [-0.25, -0.2) is 0 Å². The number of halogens is 2. The normalized spacial score (nSPS) is 10.6. The summed E-state index contributed by atoms with van der Waals surface area (Å²) in [7, 11) is 0. The molecule has 2 rings (SSSR count). The highest BCUT2D eigenvalue weighted by Gasteiger charge is 2.07. The Morgan fingerprint density at radius 3 is 2.48 bits per heavy atom. The van der Waals surface area contributed by atoms with E-state index in [4.69, 9.17) is 17.0 Å². The van der Waals surface area contributed by atoms with Crippen molar-refractivity contribution in [2.75, 3.05) is 11.9 Å². The predicted molar refractivity (Wildman–Crippen MR) is 106 cm³/mol. The minimum Gasteiger partial charge on any atom is -0.492 e. The molecule has 2 aromatic rings. The predicted octanol–water partition coefficient (Wildman–Crippen LogP) is 4.93. The molecular formula is C16H15Br2N3OS. The van der Waals surface area contributed by atoms with Crippen molar-refractivity contribution in [1.29, 1.82) is 0 Å². The average molecular weight is 457 g/mol. The number of nitrogens with zero attached hydrogens (tertiary/aromatic N) is 1. The van der Waals surface area contributed by atoms with Crippen molar-refractivity contribution < 1.29 is 4.74 Å². The van der Waals surface area contributed by atoms with E-state index >= 15 is 0 Å². The van der Waals surface area contributed by atoms with E-state index < -0.39 is 0 Å². The summed E-state index contributed by atoms with van der Waals surface area (Å²) in [4.78, 5) is 0. The van der Waals surface area contributed by atoms with Crippen molar-refractivity contribution >= 4 is 61.1 Å². The maximum atomic E-state index is 5.55. The number of nitrogens with one attached hydrogen (secondary N) is 2. The molecule has 7 heteroatoms. The molecule has 0 aliphatic rings. The van der Waals surface area contributed by atoms with Crippen LogP contribution >= 0.6 is 44.1 Å². The van der Waals surface area contributed by atoms with E-state index in [0.29, 0.717) is 11.7 Å². The molecule has 0 heterocycles. The molecular weight excluding hydrogens is 442 g/mol. The SMILES string of the molecule is CCOc1c(Br)cc(/C=N/NC(=S)Nc2ccccc2)cc1Br. The summed E-state index contributed by atoms with van der Waals surface area (Å²) in [6.07, 6.45) is 1.68. The molecule has 0 fully saturated rings. The van der Waals surface area contributed by atoms with E-state index in [1.165, 1.54) is 0 Å². The van der Waals surface area contributed by atoms with Crippen LogP contribution in [0.25, 0.3) is 0 Å². The number of ether oxygens (including phenoxy) is 1. The molecule has 0 bridgehead atoms. The Balaban J connectivity index is 1.96. The first-order chi connectivity index (χ1) is 11.1. The lowest BCUT2D eigenvalue weighted by Crippen LogP contribution is -2.23. The van der Waals surface area contributed by atoms with Gasteiger partial charge >= 0.3 is 0 Å². The minimum atomic E-state index is 0.427. The van der Waals surface area contributed by atoms with E-state index in [1.807, 2.05) is 49.4 Å². The van der Waals surface area contributed by atoms with E-state index in [0.717, 1.165) is 25.9 Å². The molecule has 0 spiro atoms. The molecule has 0 amide bonds. The molecule has 0 atom stereocenters. The summed E-state index contributed by atoms with van der Waals surface area (Å²) in [6, 6.07) is 13.5. The molecule has 23 heavy (non-hydrogen) atoms. The molecule has 2 aromatic carbocycles. The van der Waals surface area contributed by atoms with Crippen LogP contribution in [0.3, 0.4) is 0 Å². The second-order valence-corrected chi connectivity index (χ2v) is 6.55. The molecule has 0 radical (unpaired) electrons. The zero-order valence-corrected chi connectivity index (χ0v) is 16.3. The first kappa shape index (κ1) is 17.9. The molecule has 0 aliphatic carbocycles. The van der Waals surface area contributed by atoms with Crippen LogP contribution in [0.5, 0.6) is 5.75 Å². The van der Waals surface area contributed by atoms with Gasteiger partial charge in [0, 0.05) is 5.69 Å². The highest BCUT2D eigenvalue weighted by molar-refractivity contribution is 9.11. The fourth-order valence-electron chi connectivity index (χ4n) is 1.78. The quantitative estimate of drug-likeness (QED) is 0.380. The van der Waals surface area contributed by atoms with Crippen LogP contribution in [0.15, 0.2) is 56.5 Å². The lowest BCUT2D eigenvalue weighted by atomic mass is 10.2. The van der Waals surface area contributed by atoms with Crippen LogP contribution in [0.1, 0.15) is 12.5 Å². The fourth-order valence-corrected chi connectivity index (χ4v) is 3.40. The highest BCUT2D eigenvalue weighted by Crippen LogP contribution is 2.34. The van der Waals surface area contributed by atoms with E-state index in [1.54, 1.807) is 6.21 Å². The lowest BCUT2D eigenvalue weighted by Gasteiger charge is -2.09. The van der Waals surface area contributed by atoms with Gasteiger partial charge in [0.05, 0.1) is 21.8 Å². The minimum absolute atomic E-state index is 0.427. The van der Waals surface area contributed by atoms with Gasteiger partial charge in [-0.05, 0) is 80.8 Å². The average Bonchev–Trinajstić information content (AvgIpc) is 2.52. The summed E-state index contributed by atoms with van der Waals surface area (Å²) in [5.74, 6) is 0.777. The largest absolute Gasteiger partial charge is 0.492 e. The van der Waals surface area contributed by atoms with Gasteiger partial charge in [-0.3, -0.25) is 5.43 Å². The van der Waals surface area contributed by atoms with Gasteiger partial charge in [0.1, 0.15) is 5.75 Å². The van der Waals surface area contributed by atoms with Crippen molar-refractivity contribution in [3.63, 3.8) is 0 Å². The number of anilines is 1. The Morgan fingerprint density at radius 1 is 1.22 bits per heavy atom. The van der Waals surface area contributed by atoms with Crippen molar-refractivity contribution in [3.05, 3.63) is 57.0 Å². The smallest absolute Gasteiger partial charge is 0.191 e. The fraction of sp³-hybridized carbons (Fsp3) is 0.125. The molecule has 0 aromatic heterocycles. The van der Waals surface area contributed by atoms with Gasteiger partial charge in [-0.1, -0.05) is 18.2 Å². The second kappa shape index (κ2) is 9.00.